The normalized spacial score (nSPS) is 22.6. The molecule has 0 spiro atoms. The van der Waals surface area contributed by atoms with Crippen LogP contribution in [-0.2, 0) is 0 Å². The third-order valence-electron chi connectivity index (χ3n) is 5.46. The Morgan fingerprint density at radius 1 is 1.33 bits per heavy atom. The van der Waals surface area contributed by atoms with E-state index in [1.54, 1.807) is 0 Å². The van der Waals surface area contributed by atoms with Gasteiger partial charge in [0.05, 0.1) is 5.60 Å². The van der Waals surface area contributed by atoms with Crippen LogP contribution >= 0.6 is 0 Å². The fourth-order valence-electron chi connectivity index (χ4n) is 3.62. The van der Waals surface area contributed by atoms with Crippen molar-refractivity contribution >= 4 is 17.4 Å². The number of benzene rings is 1. The minimum absolute atomic E-state index is 0.252. The van der Waals surface area contributed by atoms with Crippen molar-refractivity contribution in [3.63, 3.8) is 0 Å². The van der Waals surface area contributed by atoms with Crippen LogP contribution in [0.5, 0.6) is 0 Å². The van der Waals surface area contributed by atoms with Gasteiger partial charge in [0.2, 0.25) is 0 Å². The molecule has 1 saturated carbocycles. The fourth-order valence-corrected chi connectivity index (χ4v) is 3.62. The van der Waals surface area contributed by atoms with Crippen molar-refractivity contribution in [3.8, 4) is 0 Å². The first-order chi connectivity index (χ1) is 11.5. The molecule has 3 rings (SSSR count). The zero-order valence-electron chi connectivity index (χ0n) is 14.8. The number of piperidine rings is 1. The molecule has 2 aliphatic rings. The molecule has 132 valence electrons. The lowest BCUT2D eigenvalue weighted by Gasteiger charge is -2.36. The minimum Gasteiger partial charge on any atom is -0.388 e. The SMILES string of the molecule is Cc1cc(N2CCCCC2C)ccc1NC(=O)NCC1(O)CCC1. The predicted octanol–water partition coefficient (Wildman–Crippen LogP) is 3.41. The third-order valence-corrected chi connectivity index (χ3v) is 5.46. The third kappa shape index (κ3) is 3.83. The van der Waals surface area contributed by atoms with E-state index in [1.165, 1.54) is 24.9 Å². The number of hydrogen-bond acceptors (Lipinski definition) is 3. The molecule has 1 aliphatic carbocycles. The predicted molar refractivity (Wildman–Crippen MR) is 97.7 cm³/mol. The van der Waals surface area contributed by atoms with E-state index in [2.05, 4.69) is 34.6 Å². The minimum atomic E-state index is -0.694. The highest BCUT2D eigenvalue weighted by atomic mass is 16.3. The number of rotatable bonds is 4. The van der Waals surface area contributed by atoms with E-state index in [0.717, 1.165) is 37.1 Å². The van der Waals surface area contributed by atoms with Crippen LogP contribution in [0.1, 0.15) is 51.0 Å². The Kier molecular flexibility index (Phi) is 4.99. The molecular weight excluding hydrogens is 302 g/mol. The van der Waals surface area contributed by atoms with Gasteiger partial charge in [0.15, 0.2) is 0 Å². The summed E-state index contributed by atoms with van der Waals surface area (Å²) < 4.78 is 0. The van der Waals surface area contributed by atoms with Crippen LogP contribution in [-0.4, -0.2) is 35.9 Å². The van der Waals surface area contributed by atoms with Gasteiger partial charge < -0.3 is 20.6 Å². The molecule has 1 heterocycles. The molecule has 1 atom stereocenters. The summed E-state index contributed by atoms with van der Waals surface area (Å²) in [4.78, 5) is 14.5. The summed E-state index contributed by atoms with van der Waals surface area (Å²) in [6.45, 7) is 5.72. The molecule has 0 bridgehead atoms. The van der Waals surface area contributed by atoms with Crippen molar-refractivity contribution in [3.05, 3.63) is 23.8 Å². The van der Waals surface area contributed by atoms with Crippen LogP contribution < -0.4 is 15.5 Å². The number of anilines is 2. The van der Waals surface area contributed by atoms with E-state index in [0.29, 0.717) is 12.6 Å². The molecule has 2 fully saturated rings. The number of hydrogen-bond donors (Lipinski definition) is 3. The monoisotopic (exact) mass is 331 g/mol. The Labute approximate surface area is 144 Å². The Bertz CT molecular complexity index is 598. The second-order valence-electron chi connectivity index (χ2n) is 7.42. The van der Waals surface area contributed by atoms with Gasteiger partial charge >= 0.3 is 6.03 Å². The molecule has 1 aromatic rings. The highest BCUT2D eigenvalue weighted by Crippen LogP contribution is 2.31. The molecule has 5 nitrogen and oxygen atoms in total. The quantitative estimate of drug-likeness (QED) is 0.792. The maximum Gasteiger partial charge on any atom is 0.319 e. The first kappa shape index (κ1) is 17.1. The maximum absolute atomic E-state index is 12.0. The molecule has 0 radical (unpaired) electrons. The molecule has 24 heavy (non-hydrogen) atoms. The highest BCUT2D eigenvalue weighted by Gasteiger charge is 2.34. The van der Waals surface area contributed by atoms with Crippen LogP contribution in [0.3, 0.4) is 0 Å². The molecule has 1 unspecified atom stereocenters. The van der Waals surface area contributed by atoms with Crippen LogP contribution in [0, 0.1) is 6.92 Å². The first-order valence-corrected chi connectivity index (χ1v) is 9.11. The number of amides is 2. The molecule has 1 saturated heterocycles. The topological polar surface area (TPSA) is 64.6 Å². The van der Waals surface area contributed by atoms with Crippen LogP contribution in [0.15, 0.2) is 18.2 Å². The lowest BCUT2D eigenvalue weighted by atomic mass is 9.80. The van der Waals surface area contributed by atoms with Crippen LogP contribution in [0.2, 0.25) is 0 Å². The van der Waals surface area contributed by atoms with Crippen molar-refractivity contribution in [2.24, 2.45) is 0 Å². The number of aliphatic hydroxyl groups is 1. The highest BCUT2D eigenvalue weighted by molar-refractivity contribution is 5.90. The fraction of sp³-hybridized carbons (Fsp3) is 0.632. The molecule has 0 aromatic heterocycles. The van der Waals surface area contributed by atoms with Gasteiger partial charge in [-0.1, -0.05) is 0 Å². The van der Waals surface area contributed by atoms with Gasteiger partial charge in [0, 0.05) is 30.5 Å². The largest absolute Gasteiger partial charge is 0.388 e. The Morgan fingerprint density at radius 2 is 2.12 bits per heavy atom. The maximum atomic E-state index is 12.0. The van der Waals surface area contributed by atoms with Gasteiger partial charge in [-0.25, -0.2) is 4.79 Å². The van der Waals surface area contributed by atoms with Gasteiger partial charge in [-0.3, -0.25) is 0 Å². The zero-order valence-corrected chi connectivity index (χ0v) is 14.8. The molecule has 5 heteroatoms. The molecule has 1 aromatic carbocycles. The summed E-state index contributed by atoms with van der Waals surface area (Å²) in [6.07, 6.45) is 6.38. The van der Waals surface area contributed by atoms with Crippen molar-refractivity contribution in [2.75, 3.05) is 23.3 Å². The van der Waals surface area contributed by atoms with E-state index in [4.69, 9.17) is 0 Å². The molecular formula is C19H29N3O2. The number of nitrogens with zero attached hydrogens (tertiary/aromatic N) is 1. The number of carbonyl (C=O) groups is 1. The van der Waals surface area contributed by atoms with Crippen molar-refractivity contribution < 1.29 is 9.90 Å². The van der Waals surface area contributed by atoms with E-state index >= 15 is 0 Å². The van der Waals surface area contributed by atoms with Gasteiger partial charge in [0.25, 0.3) is 0 Å². The number of nitrogens with one attached hydrogen (secondary N) is 2. The van der Waals surface area contributed by atoms with Gasteiger partial charge in [-0.05, 0) is 76.1 Å². The first-order valence-electron chi connectivity index (χ1n) is 9.11. The number of carbonyl (C=O) groups excluding carboxylic acids is 1. The van der Waals surface area contributed by atoms with Crippen LogP contribution in [0.25, 0.3) is 0 Å². The van der Waals surface area contributed by atoms with Crippen molar-refractivity contribution in [1.82, 2.24) is 5.32 Å². The van der Waals surface area contributed by atoms with Gasteiger partial charge in [-0.2, -0.15) is 0 Å². The Morgan fingerprint density at radius 3 is 2.75 bits per heavy atom. The van der Waals surface area contributed by atoms with Crippen molar-refractivity contribution in [1.29, 1.82) is 0 Å². The summed E-state index contributed by atoms with van der Waals surface area (Å²) in [5.74, 6) is 0. The lowest BCUT2D eigenvalue weighted by molar-refractivity contribution is -0.0287. The van der Waals surface area contributed by atoms with Gasteiger partial charge in [-0.15, -0.1) is 0 Å². The summed E-state index contributed by atoms with van der Waals surface area (Å²) in [5.41, 5.74) is 2.42. The Hall–Kier alpha value is -1.75. The van der Waals surface area contributed by atoms with E-state index in [-0.39, 0.29) is 6.03 Å². The van der Waals surface area contributed by atoms with E-state index in [9.17, 15) is 9.90 Å². The lowest BCUT2D eigenvalue weighted by Crippen LogP contribution is -2.48. The second kappa shape index (κ2) is 7.01. The smallest absolute Gasteiger partial charge is 0.319 e. The summed E-state index contributed by atoms with van der Waals surface area (Å²) in [7, 11) is 0. The van der Waals surface area contributed by atoms with Gasteiger partial charge in [0.1, 0.15) is 0 Å². The number of urea groups is 1. The Balaban J connectivity index is 1.59. The van der Waals surface area contributed by atoms with E-state index < -0.39 is 5.60 Å². The summed E-state index contributed by atoms with van der Waals surface area (Å²) in [6, 6.07) is 6.53. The average Bonchev–Trinajstić information content (AvgIpc) is 2.53. The van der Waals surface area contributed by atoms with E-state index in [1.807, 2.05) is 13.0 Å². The molecule has 3 N–H and O–H groups in total. The van der Waals surface area contributed by atoms with Crippen molar-refractivity contribution in [2.45, 2.75) is 64.0 Å². The van der Waals surface area contributed by atoms with Crippen LogP contribution in [0.4, 0.5) is 16.2 Å². The molecule has 1 aliphatic heterocycles. The zero-order chi connectivity index (χ0) is 17.2. The number of aryl methyl sites for hydroxylation is 1. The summed E-state index contributed by atoms with van der Waals surface area (Å²) in [5, 5.41) is 15.7. The summed E-state index contributed by atoms with van der Waals surface area (Å²) >= 11 is 0. The molecule has 2 amide bonds. The average molecular weight is 331 g/mol. The standard InChI is InChI=1S/C19H29N3O2/c1-14-12-16(22-11-4-3-6-15(22)2)7-8-17(14)21-18(23)20-13-19(24)9-5-10-19/h7-8,12,15,24H,3-6,9-11,13H2,1-2H3,(H2,20,21,23). The second-order valence-corrected chi connectivity index (χ2v) is 7.42.